The highest BCUT2D eigenvalue weighted by molar-refractivity contribution is 7.91. The van der Waals surface area contributed by atoms with Crippen molar-refractivity contribution in [2.45, 2.75) is 43.1 Å². The number of hydrogen-bond donors (Lipinski definition) is 2. The van der Waals surface area contributed by atoms with E-state index in [1.807, 2.05) is 6.07 Å². The summed E-state index contributed by atoms with van der Waals surface area (Å²) in [4.78, 5) is 18.4. The van der Waals surface area contributed by atoms with Gasteiger partial charge in [0, 0.05) is 30.7 Å². The first kappa shape index (κ1) is 22.7. The smallest absolute Gasteiger partial charge is 0.236 e. The second kappa shape index (κ2) is 8.44. The standard InChI is InChI=1S/C22H34N4O4S/c1-24(2)22(18-6-4-3-5-7-18)10-8-21(9-11-22)17-26(20(28)23-21)16-19(27)25-12-14-31(29,30)15-13-25/h3-7,20,23,28H,8-17H2,1-2H3. The summed E-state index contributed by atoms with van der Waals surface area (Å²) in [7, 11) is 1.24. The summed E-state index contributed by atoms with van der Waals surface area (Å²) in [5.41, 5.74) is 1.08. The maximum Gasteiger partial charge on any atom is 0.236 e. The number of nitrogens with zero attached hydrogens (tertiary/aromatic N) is 3. The number of carbonyl (C=O) groups is 1. The van der Waals surface area contributed by atoms with E-state index in [1.165, 1.54) is 5.56 Å². The van der Waals surface area contributed by atoms with Gasteiger partial charge in [-0.05, 0) is 45.3 Å². The molecule has 1 aromatic rings. The minimum atomic E-state index is -3.02. The minimum Gasteiger partial charge on any atom is -0.365 e. The molecule has 172 valence electrons. The molecule has 1 aliphatic carbocycles. The number of aliphatic hydroxyl groups is 1. The Hall–Kier alpha value is -1.52. The average Bonchev–Trinajstić information content (AvgIpc) is 3.03. The molecule has 1 atom stereocenters. The molecule has 2 saturated heterocycles. The van der Waals surface area contributed by atoms with Crippen LogP contribution in [0.15, 0.2) is 30.3 Å². The largest absolute Gasteiger partial charge is 0.365 e. The number of nitrogens with one attached hydrogen (secondary N) is 1. The Morgan fingerprint density at radius 1 is 1.13 bits per heavy atom. The van der Waals surface area contributed by atoms with E-state index in [0.717, 1.165) is 25.7 Å². The third-order valence-corrected chi connectivity index (χ3v) is 9.13. The first-order valence-electron chi connectivity index (χ1n) is 11.1. The first-order valence-corrected chi connectivity index (χ1v) is 12.9. The zero-order valence-corrected chi connectivity index (χ0v) is 19.3. The lowest BCUT2D eigenvalue weighted by atomic mass is 9.69. The zero-order chi connectivity index (χ0) is 22.3. The van der Waals surface area contributed by atoms with E-state index < -0.39 is 16.2 Å². The average molecular weight is 451 g/mol. The molecule has 9 heteroatoms. The van der Waals surface area contributed by atoms with Crippen LogP contribution < -0.4 is 5.32 Å². The Labute approximate surface area is 185 Å². The number of carbonyl (C=O) groups excluding carboxylic acids is 1. The predicted molar refractivity (Wildman–Crippen MR) is 119 cm³/mol. The maximum absolute atomic E-state index is 12.7. The molecule has 1 saturated carbocycles. The molecule has 1 unspecified atom stereocenters. The van der Waals surface area contributed by atoms with Gasteiger partial charge in [-0.3, -0.25) is 19.9 Å². The number of benzene rings is 1. The van der Waals surface area contributed by atoms with Crippen molar-refractivity contribution in [3.63, 3.8) is 0 Å². The van der Waals surface area contributed by atoms with Crippen molar-refractivity contribution in [2.24, 2.45) is 0 Å². The highest BCUT2D eigenvalue weighted by Gasteiger charge is 2.50. The summed E-state index contributed by atoms with van der Waals surface area (Å²) < 4.78 is 23.2. The van der Waals surface area contributed by atoms with Gasteiger partial charge in [-0.25, -0.2) is 8.42 Å². The Bertz CT molecular complexity index is 883. The molecule has 2 heterocycles. The summed E-state index contributed by atoms with van der Waals surface area (Å²) >= 11 is 0. The summed E-state index contributed by atoms with van der Waals surface area (Å²) in [5, 5.41) is 14.0. The van der Waals surface area contributed by atoms with Gasteiger partial charge in [0.25, 0.3) is 0 Å². The summed E-state index contributed by atoms with van der Waals surface area (Å²) in [6.07, 6.45) is 2.89. The molecule has 1 amide bonds. The quantitative estimate of drug-likeness (QED) is 0.677. The van der Waals surface area contributed by atoms with Gasteiger partial charge in [0.05, 0.1) is 18.1 Å². The lowest BCUT2D eigenvalue weighted by molar-refractivity contribution is -0.134. The highest BCUT2D eigenvalue weighted by atomic mass is 32.2. The van der Waals surface area contributed by atoms with Crippen LogP contribution in [0.5, 0.6) is 0 Å². The summed E-state index contributed by atoms with van der Waals surface area (Å²) in [6.45, 7) is 1.20. The molecule has 3 fully saturated rings. The van der Waals surface area contributed by atoms with Crippen LogP contribution in [0.2, 0.25) is 0 Å². The molecule has 0 aromatic heterocycles. The normalized spacial score (nSPS) is 33.8. The molecule has 4 rings (SSSR count). The molecule has 1 aromatic carbocycles. The third-order valence-electron chi connectivity index (χ3n) is 7.52. The van der Waals surface area contributed by atoms with E-state index in [-0.39, 0.29) is 48.1 Å². The van der Waals surface area contributed by atoms with Crippen LogP contribution in [0.1, 0.15) is 31.2 Å². The van der Waals surface area contributed by atoms with Gasteiger partial charge in [-0.1, -0.05) is 30.3 Å². The second-order valence-corrected chi connectivity index (χ2v) is 11.8. The van der Waals surface area contributed by atoms with E-state index in [2.05, 4.69) is 48.6 Å². The first-order chi connectivity index (χ1) is 14.6. The Kier molecular flexibility index (Phi) is 6.17. The number of sulfone groups is 1. The molecule has 31 heavy (non-hydrogen) atoms. The van der Waals surface area contributed by atoms with Crippen LogP contribution >= 0.6 is 0 Å². The molecule has 8 nitrogen and oxygen atoms in total. The van der Waals surface area contributed by atoms with Crippen molar-refractivity contribution in [3.8, 4) is 0 Å². The van der Waals surface area contributed by atoms with E-state index in [4.69, 9.17) is 0 Å². The van der Waals surface area contributed by atoms with Crippen LogP contribution in [0.4, 0.5) is 0 Å². The van der Waals surface area contributed by atoms with Gasteiger partial charge in [0.1, 0.15) is 0 Å². The van der Waals surface area contributed by atoms with Crippen molar-refractivity contribution in [1.82, 2.24) is 20.0 Å². The predicted octanol–water partition coefficient (Wildman–Crippen LogP) is 0.194. The van der Waals surface area contributed by atoms with Crippen LogP contribution in [0.3, 0.4) is 0 Å². The van der Waals surface area contributed by atoms with Crippen molar-refractivity contribution >= 4 is 15.7 Å². The maximum atomic E-state index is 12.7. The molecule has 0 radical (unpaired) electrons. The van der Waals surface area contributed by atoms with E-state index >= 15 is 0 Å². The van der Waals surface area contributed by atoms with Crippen LogP contribution in [-0.2, 0) is 20.2 Å². The lowest BCUT2D eigenvalue weighted by Gasteiger charge is -2.49. The monoisotopic (exact) mass is 450 g/mol. The molecule has 3 aliphatic rings. The second-order valence-electron chi connectivity index (χ2n) is 9.53. The Morgan fingerprint density at radius 3 is 2.32 bits per heavy atom. The van der Waals surface area contributed by atoms with E-state index in [0.29, 0.717) is 6.54 Å². The molecule has 2 aliphatic heterocycles. The highest BCUT2D eigenvalue weighted by Crippen LogP contribution is 2.46. The number of hydrogen-bond acceptors (Lipinski definition) is 7. The van der Waals surface area contributed by atoms with Crippen molar-refractivity contribution < 1.29 is 18.3 Å². The molecular formula is C22H34N4O4S. The molecule has 2 N–H and O–H groups in total. The summed E-state index contributed by atoms with van der Waals surface area (Å²) in [5.74, 6) is -0.0685. The fourth-order valence-corrected chi connectivity index (χ4v) is 6.65. The van der Waals surface area contributed by atoms with Gasteiger partial charge in [0.2, 0.25) is 5.91 Å². The lowest BCUT2D eigenvalue weighted by Crippen LogP contribution is -2.54. The van der Waals surface area contributed by atoms with Gasteiger partial charge < -0.3 is 10.0 Å². The number of aliphatic hydroxyl groups excluding tert-OH is 1. The van der Waals surface area contributed by atoms with Gasteiger partial charge in [0.15, 0.2) is 16.2 Å². The fourth-order valence-electron chi connectivity index (χ4n) is 5.45. The van der Waals surface area contributed by atoms with Gasteiger partial charge >= 0.3 is 0 Å². The van der Waals surface area contributed by atoms with Gasteiger partial charge in [-0.15, -0.1) is 0 Å². The van der Waals surface area contributed by atoms with Crippen LogP contribution in [0.25, 0.3) is 0 Å². The van der Waals surface area contributed by atoms with Crippen molar-refractivity contribution in [3.05, 3.63) is 35.9 Å². The molecule has 0 bridgehead atoms. The minimum absolute atomic E-state index is 0.0234. The Morgan fingerprint density at radius 2 is 1.74 bits per heavy atom. The van der Waals surface area contributed by atoms with Gasteiger partial charge in [-0.2, -0.15) is 0 Å². The molecular weight excluding hydrogens is 416 g/mol. The van der Waals surface area contributed by atoms with E-state index in [1.54, 1.807) is 9.80 Å². The van der Waals surface area contributed by atoms with E-state index in [9.17, 15) is 18.3 Å². The fraction of sp³-hybridized carbons (Fsp3) is 0.682. The van der Waals surface area contributed by atoms with Crippen molar-refractivity contribution in [1.29, 1.82) is 0 Å². The molecule has 1 spiro atoms. The van der Waals surface area contributed by atoms with Crippen LogP contribution in [-0.4, -0.2) is 97.8 Å². The number of amides is 1. The topological polar surface area (TPSA) is 93.2 Å². The zero-order valence-electron chi connectivity index (χ0n) is 18.5. The van der Waals surface area contributed by atoms with Crippen molar-refractivity contribution in [2.75, 3.05) is 51.8 Å². The Balaban J connectivity index is 1.39. The summed E-state index contributed by atoms with van der Waals surface area (Å²) in [6, 6.07) is 10.6. The number of rotatable bonds is 4. The third kappa shape index (κ3) is 4.52. The van der Waals surface area contributed by atoms with Crippen LogP contribution in [0, 0.1) is 0 Å². The SMILES string of the molecule is CN(C)C1(c2ccccc2)CCC2(CC1)CN(CC(=O)N1CCS(=O)(=O)CC1)C(O)N2.